The zero-order valence-electron chi connectivity index (χ0n) is 24.1. The van der Waals surface area contributed by atoms with E-state index in [-0.39, 0.29) is 32.7 Å². The normalized spacial score (nSPS) is 45.4. The molecule has 0 aromatic carbocycles. The van der Waals surface area contributed by atoms with Crippen LogP contribution in [0, 0.1) is 5.92 Å². The summed E-state index contributed by atoms with van der Waals surface area (Å²) in [5.41, 5.74) is 10.1. The largest absolute Gasteiger partial charge is 0.395 e. The summed E-state index contributed by atoms with van der Waals surface area (Å²) >= 11 is 0. The maximum atomic E-state index is 14.0. The van der Waals surface area contributed by atoms with Crippen molar-refractivity contribution in [3.05, 3.63) is 0 Å². The van der Waals surface area contributed by atoms with Gasteiger partial charge in [0.1, 0.15) is 42.3 Å². The lowest BCUT2D eigenvalue weighted by atomic mass is 9.72. The van der Waals surface area contributed by atoms with Crippen LogP contribution in [0.3, 0.4) is 0 Å². The summed E-state index contributed by atoms with van der Waals surface area (Å²) in [4.78, 5) is 12.7. The minimum Gasteiger partial charge on any atom is -0.395 e. The van der Waals surface area contributed by atoms with Gasteiger partial charge < -0.3 is 82.5 Å². The van der Waals surface area contributed by atoms with Crippen LogP contribution in [0.1, 0.15) is 13.3 Å². The first-order valence-electron chi connectivity index (χ1n) is 14.3. The van der Waals surface area contributed by atoms with Crippen molar-refractivity contribution in [3.8, 4) is 0 Å². The molecule has 2 saturated heterocycles. The van der Waals surface area contributed by atoms with E-state index in [0.29, 0.717) is 0 Å². The quantitative estimate of drug-likeness (QED) is 0.0892. The SMILES string of the molecule is CNC1C(O)C(OC2C(NC(=O)C(O)C(F)CN)CC(N)C(C3OC(CNCCO)C(O)C(O)C3O)C2O)OCC1(C)O. The predicted molar refractivity (Wildman–Crippen MR) is 145 cm³/mol. The lowest BCUT2D eigenvalue weighted by Gasteiger charge is -2.52. The molecule has 252 valence electrons. The number of halogens is 1. The Morgan fingerprint density at radius 2 is 1.81 bits per heavy atom. The standard InChI is InChI=1S/C25H48FN5O12/c1-25(40)8-41-24(19(38)22(25)29-2)43-20-11(31-23(39)14(33)9(26)6-27)5-10(28)13(16(20)35)21-18(37)17(36)15(34)12(42-21)7-30-3-4-32/h9-22,24,29-30,32-38,40H,3-8,27-28H2,1-2H3,(H,31,39). The molecule has 3 rings (SSSR count). The maximum Gasteiger partial charge on any atom is 0.252 e. The number of nitrogens with one attached hydrogen (secondary N) is 3. The molecule has 0 radical (unpaired) electrons. The fourth-order valence-electron chi connectivity index (χ4n) is 6.12. The average molecular weight is 630 g/mol. The summed E-state index contributed by atoms with van der Waals surface area (Å²) in [7, 11) is 1.50. The molecule has 16 atom stereocenters. The Hall–Kier alpha value is -1.20. The molecule has 15 N–H and O–H groups in total. The van der Waals surface area contributed by atoms with Crippen molar-refractivity contribution in [2.45, 2.75) is 104 Å². The molecule has 0 aromatic rings. The molecule has 16 unspecified atom stereocenters. The van der Waals surface area contributed by atoms with Gasteiger partial charge in [0, 0.05) is 31.6 Å². The van der Waals surface area contributed by atoms with Crippen LogP contribution in [0.4, 0.5) is 4.39 Å². The minimum atomic E-state index is -2.15. The topological polar surface area (TPSA) is 295 Å². The number of alkyl halides is 1. The Morgan fingerprint density at radius 1 is 1.14 bits per heavy atom. The first-order chi connectivity index (χ1) is 20.2. The van der Waals surface area contributed by atoms with E-state index in [0.717, 1.165) is 0 Å². The molecule has 3 fully saturated rings. The van der Waals surface area contributed by atoms with Crippen molar-refractivity contribution in [1.29, 1.82) is 0 Å². The summed E-state index contributed by atoms with van der Waals surface area (Å²) in [6.07, 6.45) is -17.9. The van der Waals surface area contributed by atoms with Crippen LogP contribution >= 0.6 is 0 Å². The zero-order chi connectivity index (χ0) is 32.2. The number of carbonyl (C=O) groups is 1. The van der Waals surface area contributed by atoms with Gasteiger partial charge in [-0.3, -0.25) is 4.79 Å². The number of aliphatic hydroxyl groups is 8. The van der Waals surface area contributed by atoms with Crippen molar-refractivity contribution >= 4 is 5.91 Å². The van der Waals surface area contributed by atoms with E-state index in [9.17, 15) is 44.9 Å². The molecule has 2 aliphatic heterocycles. The number of hydrogen-bond donors (Lipinski definition) is 13. The highest BCUT2D eigenvalue weighted by Gasteiger charge is 2.56. The summed E-state index contributed by atoms with van der Waals surface area (Å²) in [6.45, 7) is 0.405. The average Bonchev–Trinajstić information content (AvgIpc) is 2.96. The highest BCUT2D eigenvalue weighted by atomic mass is 19.1. The summed E-state index contributed by atoms with van der Waals surface area (Å²) < 4.78 is 31.4. The van der Waals surface area contributed by atoms with Gasteiger partial charge >= 0.3 is 0 Å². The van der Waals surface area contributed by atoms with Gasteiger partial charge in [-0.2, -0.15) is 0 Å². The Bertz CT molecular complexity index is 898. The highest BCUT2D eigenvalue weighted by molar-refractivity contribution is 5.81. The second-order valence-electron chi connectivity index (χ2n) is 11.7. The number of rotatable bonds is 12. The van der Waals surface area contributed by atoms with Gasteiger partial charge in [0.05, 0.1) is 43.6 Å². The lowest BCUT2D eigenvalue weighted by molar-refractivity contribution is -0.303. The third-order valence-electron chi connectivity index (χ3n) is 8.51. The van der Waals surface area contributed by atoms with Crippen molar-refractivity contribution in [2.24, 2.45) is 17.4 Å². The number of hydrogen-bond acceptors (Lipinski definition) is 16. The number of likely N-dealkylation sites (N-methyl/N-ethyl adjacent to an activating group) is 1. The predicted octanol–water partition coefficient (Wildman–Crippen LogP) is -7.29. The number of carbonyl (C=O) groups excluding carboxylic acids is 1. The van der Waals surface area contributed by atoms with Crippen LogP contribution < -0.4 is 27.4 Å². The van der Waals surface area contributed by atoms with Crippen LogP contribution in [-0.2, 0) is 19.0 Å². The van der Waals surface area contributed by atoms with Gasteiger partial charge in [0.25, 0.3) is 5.91 Å². The number of ether oxygens (including phenoxy) is 3. The number of amides is 1. The fraction of sp³-hybridized carbons (Fsp3) is 0.960. The Kier molecular flexibility index (Phi) is 13.0. The third kappa shape index (κ3) is 7.97. The first kappa shape index (κ1) is 36.3. The highest BCUT2D eigenvalue weighted by Crippen LogP contribution is 2.37. The van der Waals surface area contributed by atoms with Crippen molar-refractivity contribution in [3.63, 3.8) is 0 Å². The van der Waals surface area contributed by atoms with Gasteiger partial charge in [0.2, 0.25) is 0 Å². The van der Waals surface area contributed by atoms with Gasteiger partial charge in [-0.25, -0.2) is 4.39 Å². The Labute approximate surface area is 248 Å². The molecule has 1 saturated carbocycles. The molecule has 0 spiro atoms. The summed E-state index contributed by atoms with van der Waals surface area (Å²) in [6, 6.07) is -3.19. The molecule has 17 nitrogen and oxygen atoms in total. The van der Waals surface area contributed by atoms with Crippen LogP contribution in [0.5, 0.6) is 0 Å². The number of nitrogens with two attached hydrogens (primary N) is 2. The summed E-state index contributed by atoms with van der Waals surface area (Å²) in [5.74, 6) is -2.36. The molecule has 2 heterocycles. The smallest absolute Gasteiger partial charge is 0.252 e. The zero-order valence-corrected chi connectivity index (χ0v) is 24.1. The van der Waals surface area contributed by atoms with Gasteiger partial charge in [-0.1, -0.05) is 0 Å². The molecule has 3 aliphatic rings. The molecule has 0 aromatic heterocycles. The second-order valence-corrected chi connectivity index (χ2v) is 11.7. The van der Waals surface area contributed by atoms with E-state index >= 15 is 0 Å². The summed E-state index contributed by atoms with van der Waals surface area (Å²) in [5, 5.41) is 92.2. The van der Waals surface area contributed by atoms with E-state index in [2.05, 4.69) is 16.0 Å². The Morgan fingerprint density at radius 3 is 2.42 bits per heavy atom. The molecule has 1 amide bonds. The fourth-order valence-corrected chi connectivity index (χ4v) is 6.12. The van der Waals surface area contributed by atoms with Gasteiger partial charge in [-0.15, -0.1) is 0 Å². The molecule has 0 bridgehead atoms. The maximum absolute atomic E-state index is 14.0. The van der Waals surface area contributed by atoms with Crippen LogP contribution in [0.2, 0.25) is 0 Å². The van der Waals surface area contributed by atoms with Crippen molar-refractivity contribution in [2.75, 3.05) is 39.9 Å². The molecule has 18 heteroatoms. The molecule has 43 heavy (non-hydrogen) atoms. The van der Waals surface area contributed by atoms with Crippen molar-refractivity contribution in [1.82, 2.24) is 16.0 Å². The lowest BCUT2D eigenvalue weighted by Crippen LogP contribution is -2.71. The molecular weight excluding hydrogens is 581 g/mol. The van der Waals surface area contributed by atoms with E-state index in [1.807, 2.05) is 0 Å². The van der Waals surface area contributed by atoms with Gasteiger partial charge in [0.15, 0.2) is 12.4 Å². The van der Waals surface area contributed by atoms with Crippen LogP contribution in [-0.4, -0.2) is 178 Å². The third-order valence-corrected chi connectivity index (χ3v) is 8.51. The number of aliphatic hydroxyl groups excluding tert-OH is 7. The molecule has 1 aliphatic carbocycles. The Balaban J connectivity index is 1.91. The second kappa shape index (κ2) is 15.4. The van der Waals surface area contributed by atoms with Crippen molar-refractivity contribution < 1.29 is 64.2 Å². The first-order valence-corrected chi connectivity index (χ1v) is 14.3. The van der Waals surface area contributed by atoms with Gasteiger partial charge in [-0.05, 0) is 20.4 Å². The van der Waals surface area contributed by atoms with E-state index in [4.69, 9.17) is 30.8 Å². The van der Waals surface area contributed by atoms with E-state index < -0.39 is 109 Å². The van der Waals surface area contributed by atoms with Crippen LogP contribution in [0.15, 0.2) is 0 Å². The van der Waals surface area contributed by atoms with Crippen LogP contribution in [0.25, 0.3) is 0 Å². The molecular formula is C25H48FN5O12. The van der Waals surface area contributed by atoms with E-state index in [1.165, 1.54) is 14.0 Å². The monoisotopic (exact) mass is 629 g/mol. The minimum absolute atomic E-state index is 0.0322. The van der Waals surface area contributed by atoms with E-state index in [1.54, 1.807) is 0 Å².